The van der Waals surface area contributed by atoms with Crippen molar-refractivity contribution in [1.29, 1.82) is 0 Å². The van der Waals surface area contributed by atoms with Crippen LogP contribution in [0.15, 0.2) is 36.7 Å². The number of carbonyl (C=O) groups excluding carboxylic acids is 1. The molecule has 0 saturated heterocycles. The molecule has 10 nitrogen and oxygen atoms in total. The summed E-state index contributed by atoms with van der Waals surface area (Å²) >= 11 is 0. The van der Waals surface area contributed by atoms with E-state index in [9.17, 15) is 48.7 Å². The Morgan fingerprint density at radius 2 is 1.58 bits per heavy atom. The summed E-state index contributed by atoms with van der Waals surface area (Å²) < 4.78 is 120. The normalized spacial score (nSPS) is 16.3. The van der Waals surface area contributed by atoms with Crippen LogP contribution in [0.4, 0.5) is 49.7 Å². The number of rotatable bonds is 4. The number of halogens is 10. The van der Waals surface area contributed by atoms with E-state index in [1.165, 1.54) is 29.0 Å². The van der Waals surface area contributed by atoms with Crippen LogP contribution in [0.25, 0.3) is 27.5 Å². The highest BCUT2D eigenvalue weighted by atomic mass is 19.4. The van der Waals surface area contributed by atoms with Gasteiger partial charge in [-0.1, -0.05) is 0 Å². The summed E-state index contributed by atoms with van der Waals surface area (Å²) in [5, 5.41) is 27.7. The number of fused-ring (bicyclic) bond motifs is 2. The van der Waals surface area contributed by atoms with Gasteiger partial charge in [-0.3, -0.25) is 9.89 Å². The molecule has 0 unspecified atom stereocenters. The van der Waals surface area contributed by atoms with E-state index >= 15 is 0 Å². The van der Waals surface area contributed by atoms with Crippen LogP contribution in [0.5, 0.6) is 0 Å². The zero-order valence-corrected chi connectivity index (χ0v) is 20.6. The molecular weight excluding hydrogens is 616 g/mol. The number of carboxylic acids is 2. The van der Waals surface area contributed by atoms with Crippen LogP contribution in [-0.4, -0.2) is 66.4 Å². The second-order valence-electron chi connectivity index (χ2n) is 8.55. The number of nitrogens with one attached hydrogen (secondary N) is 2. The monoisotopic (exact) mass is 631 g/mol. The Morgan fingerprint density at radius 3 is 2.07 bits per heavy atom. The van der Waals surface area contributed by atoms with Crippen molar-refractivity contribution in [2.75, 3.05) is 5.32 Å². The Morgan fingerprint density at radius 1 is 1.02 bits per heavy atom. The van der Waals surface area contributed by atoms with E-state index in [0.717, 1.165) is 6.07 Å². The first kappa shape index (κ1) is 32.6. The first-order valence-corrected chi connectivity index (χ1v) is 11.3. The Labute approximate surface area is 230 Å². The second kappa shape index (κ2) is 12.1. The molecule has 1 aliphatic rings. The van der Waals surface area contributed by atoms with Crippen LogP contribution in [0.1, 0.15) is 18.4 Å². The van der Waals surface area contributed by atoms with Crippen molar-refractivity contribution >= 4 is 40.1 Å². The van der Waals surface area contributed by atoms with Gasteiger partial charge in [0.05, 0.1) is 28.7 Å². The van der Waals surface area contributed by atoms with Crippen molar-refractivity contribution in [2.45, 2.75) is 31.4 Å². The zero-order chi connectivity index (χ0) is 32.4. The van der Waals surface area contributed by atoms with Gasteiger partial charge in [-0.15, -0.1) is 0 Å². The molecule has 1 amide bonds. The van der Waals surface area contributed by atoms with Crippen LogP contribution in [0.2, 0.25) is 0 Å². The predicted octanol–water partition coefficient (Wildman–Crippen LogP) is 5.52. The van der Waals surface area contributed by atoms with Crippen molar-refractivity contribution in [3.63, 3.8) is 0 Å². The number of hydrogen-bond acceptors (Lipinski definition) is 5. The van der Waals surface area contributed by atoms with E-state index in [0.29, 0.717) is 22.0 Å². The zero-order valence-electron chi connectivity index (χ0n) is 20.6. The number of pyridine rings is 1. The Bertz CT molecular complexity index is 1640. The van der Waals surface area contributed by atoms with E-state index in [2.05, 4.69) is 20.6 Å². The third-order valence-electron chi connectivity index (χ3n) is 5.49. The first-order chi connectivity index (χ1) is 19.8. The highest BCUT2D eigenvalue weighted by Gasteiger charge is 2.44. The summed E-state index contributed by atoms with van der Waals surface area (Å²) in [6, 6.07) is 5.61. The molecule has 0 aliphatic heterocycles. The molecule has 5 rings (SSSR count). The number of carbonyl (C=O) groups is 3. The molecule has 43 heavy (non-hydrogen) atoms. The fourth-order valence-corrected chi connectivity index (χ4v) is 3.46. The van der Waals surface area contributed by atoms with Crippen LogP contribution in [-0.2, 0) is 14.4 Å². The molecule has 4 aromatic rings. The molecule has 0 spiro atoms. The molecule has 1 aliphatic carbocycles. The lowest BCUT2D eigenvalue weighted by atomic mass is 9.96. The maximum Gasteiger partial charge on any atom is 0.490 e. The lowest BCUT2D eigenvalue weighted by Crippen LogP contribution is -2.21. The summed E-state index contributed by atoms with van der Waals surface area (Å²) in [4.78, 5) is 29.7. The number of H-pyrrole nitrogens is 1. The van der Waals surface area contributed by atoms with Gasteiger partial charge in [0.1, 0.15) is 12.0 Å². The van der Waals surface area contributed by atoms with E-state index in [4.69, 9.17) is 19.8 Å². The number of benzene rings is 1. The fraction of sp³-hybridized carbons (Fsp3) is 0.261. The third-order valence-corrected chi connectivity index (χ3v) is 5.49. The number of aromatic amines is 1. The largest absolute Gasteiger partial charge is 0.490 e. The minimum atomic E-state index is -5.08. The second-order valence-corrected chi connectivity index (χ2v) is 8.55. The molecule has 2 atom stereocenters. The molecule has 0 radical (unpaired) electrons. The van der Waals surface area contributed by atoms with Crippen molar-refractivity contribution in [3.8, 4) is 11.1 Å². The molecule has 3 heterocycles. The van der Waals surface area contributed by atoms with Gasteiger partial charge in [0.25, 0.3) is 6.43 Å². The van der Waals surface area contributed by atoms with Gasteiger partial charge >= 0.3 is 24.3 Å². The van der Waals surface area contributed by atoms with E-state index in [1.54, 1.807) is 6.07 Å². The van der Waals surface area contributed by atoms with Crippen LogP contribution in [0.3, 0.4) is 0 Å². The number of hydrogen-bond donors (Lipinski definition) is 4. The van der Waals surface area contributed by atoms with Crippen molar-refractivity contribution < 1.29 is 68.5 Å². The maximum absolute atomic E-state index is 14.3. The summed E-state index contributed by atoms with van der Waals surface area (Å²) in [6.45, 7) is 0. The summed E-state index contributed by atoms with van der Waals surface area (Å²) in [5.74, 6) is -7.44. The maximum atomic E-state index is 14.3. The van der Waals surface area contributed by atoms with Crippen LogP contribution < -0.4 is 5.32 Å². The van der Waals surface area contributed by atoms with Gasteiger partial charge < -0.3 is 15.5 Å². The topological polar surface area (TPSA) is 150 Å². The molecule has 1 fully saturated rings. The molecule has 0 bridgehead atoms. The lowest BCUT2D eigenvalue weighted by molar-refractivity contribution is -0.193. The minimum Gasteiger partial charge on any atom is -0.475 e. The van der Waals surface area contributed by atoms with Gasteiger partial charge in [0.15, 0.2) is 5.82 Å². The number of amides is 1. The van der Waals surface area contributed by atoms with E-state index in [1.807, 2.05) is 0 Å². The Balaban J connectivity index is 0.000000303. The highest BCUT2D eigenvalue weighted by molar-refractivity contribution is 5.97. The van der Waals surface area contributed by atoms with Crippen molar-refractivity contribution in [2.24, 2.45) is 5.92 Å². The van der Waals surface area contributed by atoms with Crippen molar-refractivity contribution in [3.05, 3.63) is 48.0 Å². The Hall–Kier alpha value is -4.91. The molecule has 232 valence electrons. The molecule has 3 aromatic heterocycles. The number of alkyl halides is 9. The average molecular weight is 631 g/mol. The highest BCUT2D eigenvalue weighted by Crippen LogP contribution is 2.39. The van der Waals surface area contributed by atoms with Gasteiger partial charge in [0, 0.05) is 29.3 Å². The Kier molecular flexibility index (Phi) is 9.20. The average Bonchev–Trinajstić information content (AvgIpc) is 3.25. The molecule has 4 N–H and O–H groups in total. The number of aromatic nitrogens is 4. The molecule has 1 saturated carbocycles. The van der Waals surface area contributed by atoms with Gasteiger partial charge in [0.2, 0.25) is 5.91 Å². The summed E-state index contributed by atoms with van der Waals surface area (Å²) in [6.07, 6.45) is -11.2. The quantitative estimate of drug-likeness (QED) is 0.217. The van der Waals surface area contributed by atoms with Crippen LogP contribution in [0, 0.1) is 11.7 Å². The standard InChI is InChI=1S/C19H13F4N5O.2C2HF3O2/c20-12-5-10(12)19(29)25-15-4-9-3-8(1-2-28(9)27-15)16-11-7-24-26-14(11)6-13(21)17(16)18(22)23;2*3-2(4,5)1(6)7/h1-4,6-7,10,12,18H,5H2,(H,24,26)(H,25,27,29);2*(H,6,7)/t10-,12+;;/m1../s1. The number of nitrogens with zero attached hydrogens (tertiary/aromatic N) is 3. The number of aliphatic carboxylic acids is 2. The van der Waals surface area contributed by atoms with Gasteiger partial charge in [-0.2, -0.15) is 36.5 Å². The minimum absolute atomic E-state index is 0.0382. The molecule has 1 aromatic carbocycles. The van der Waals surface area contributed by atoms with Gasteiger partial charge in [-0.25, -0.2) is 31.7 Å². The number of carboxylic acid groups (broad SMARTS) is 2. The van der Waals surface area contributed by atoms with Crippen molar-refractivity contribution in [1.82, 2.24) is 19.8 Å². The lowest BCUT2D eigenvalue weighted by Gasteiger charge is -2.12. The molecular formula is C23H15F10N5O5. The SMILES string of the molecule is O=C(Nc1cc2cc(-c3c(C(F)F)c(F)cc4[nH]ncc34)ccn2n1)[C@@H]1C[C@@H]1F.O=C(O)C(F)(F)F.O=C(O)C(F)(F)F. The predicted molar refractivity (Wildman–Crippen MR) is 124 cm³/mol. The third kappa shape index (κ3) is 7.89. The van der Waals surface area contributed by atoms with Gasteiger partial charge in [-0.05, 0) is 24.1 Å². The first-order valence-electron chi connectivity index (χ1n) is 11.3. The summed E-state index contributed by atoms with van der Waals surface area (Å²) in [5.41, 5.74) is 0.470. The van der Waals surface area contributed by atoms with E-state index in [-0.39, 0.29) is 17.8 Å². The molecule has 20 heteroatoms. The van der Waals surface area contributed by atoms with E-state index < -0.39 is 60.1 Å². The van der Waals surface area contributed by atoms with Crippen LogP contribution >= 0.6 is 0 Å². The summed E-state index contributed by atoms with van der Waals surface area (Å²) in [7, 11) is 0. The smallest absolute Gasteiger partial charge is 0.475 e. The number of anilines is 1. The fourth-order valence-electron chi connectivity index (χ4n) is 3.46.